The van der Waals surface area contributed by atoms with Crippen LogP contribution < -0.4 is 10.6 Å². The molecule has 2 amide bonds. The van der Waals surface area contributed by atoms with Gasteiger partial charge in [-0.25, -0.2) is 9.78 Å². The number of aromatic amines is 1. The van der Waals surface area contributed by atoms with Crippen LogP contribution in [0, 0.1) is 0 Å². The van der Waals surface area contributed by atoms with E-state index in [0.29, 0.717) is 18.9 Å². The Bertz CT molecular complexity index is 716. The number of rotatable bonds is 4. The van der Waals surface area contributed by atoms with Crippen molar-refractivity contribution in [1.29, 1.82) is 0 Å². The van der Waals surface area contributed by atoms with E-state index in [2.05, 4.69) is 20.6 Å². The number of nitrogens with one attached hydrogen (secondary N) is 3. The Balaban J connectivity index is 1.93. The van der Waals surface area contributed by atoms with Gasteiger partial charge in [-0.15, -0.1) is 0 Å². The number of anilines is 1. The van der Waals surface area contributed by atoms with Crippen LogP contribution in [0.2, 0.25) is 0 Å². The maximum atomic E-state index is 11.6. The zero-order chi connectivity index (χ0) is 17.0. The summed E-state index contributed by atoms with van der Waals surface area (Å²) in [6.07, 6.45) is 0.247. The van der Waals surface area contributed by atoms with E-state index in [9.17, 15) is 9.59 Å². The number of nitrogens with zero attached hydrogens (tertiary/aromatic N) is 1. The van der Waals surface area contributed by atoms with Crippen LogP contribution in [0.3, 0.4) is 0 Å². The summed E-state index contributed by atoms with van der Waals surface area (Å²) in [5.41, 5.74) is 2.16. The first-order valence-electron chi connectivity index (χ1n) is 7.46. The van der Waals surface area contributed by atoms with E-state index in [0.717, 1.165) is 16.6 Å². The highest BCUT2D eigenvalue weighted by atomic mass is 16.6. The summed E-state index contributed by atoms with van der Waals surface area (Å²) < 4.78 is 5.18. The van der Waals surface area contributed by atoms with E-state index < -0.39 is 11.7 Å². The SMILES string of the molecule is CC(=O)Nc1nc2ccc(CCNC(=O)OC(C)(C)C)cc2[nH]1. The Morgan fingerprint density at radius 1 is 1.30 bits per heavy atom. The molecule has 2 aromatic rings. The van der Waals surface area contributed by atoms with Crippen molar-refractivity contribution in [2.45, 2.75) is 39.7 Å². The zero-order valence-corrected chi connectivity index (χ0v) is 13.8. The molecule has 0 aliphatic rings. The smallest absolute Gasteiger partial charge is 0.407 e. The Morgan fingerprint density at radius 3 is 2.70 bits per heavy atom. The molecule has 23 heavy (non-hydrogen) atoms. The van der Waals surface area contributed by atoms with Crippen LogP contribution in [0.4, 0.5) is 10.7 Å². The highest BCUT2D eigenvalue weighted by Crippen LogP contribution is 2.16. The van der Waals surface area contributed by atoms with Crippen LogP contribution in [0.1, 0.15) is 33.3 Å². The largest absolute Gasteiger partial charge is 0.444 e. The number of benzene rings is 1. The molecule has 0 fully saturated rings. The number of carbonyl (C=O) groups is 2. The average molecular weight is 318 g/mol. The highest BCUT2D eigenvalue weighted by Gasteiger charge is 2.15. The second kappa shape index (κ2) is 6.68. The monoisotopic (exact) mass is 318 g/mol. The van der Waals surface area contributed by atoms with Crippen molar-refractivity contribution in [1.82, 2.24) is 15.3 Å². The molecular formula is C16H22N4O3. The molecule has 124 valence electrons. The van der Waals surface area contributed by atoms with Gasteiger partial charge in [-0.2, -0.15) is 0 Å². The van der Waals surface area contributed by atoms with Gasteiger partial charge in [0, 0.05) is 13.5 Å². The lowest BCUT2D eigenvalue weighted by molar-refractivity contribution is -0.114. The topological polar surface area (TPSA) is 96.1 Å². The summed E-state index contributed by atoms with van der Waals surface area (Å²) in [5, 5.41) is 5.34. The number of fused-ring (bicyclic) bond motifs is 1. The molecular weight excluding hydrogens is 296 g/mol. The summed E-state index contributed by atoms with van der Waals surface area (Å²) in [6.45, 7) is 7.39. The molecule has 0 radical (unpaired) electrons. The lowest BCUT2D eigenvalue weighted by Gasteiger charge is -2.19. The number of aromatic nitrogens is 2. The number of hydrogen-bond donors (Lipinski definition) is 3. The second-order valence-corrected chi connectivity index (χ2v) is 6.30. The van der Waals surface area contributed by atoms with Crippen molar-refractivity contribution in [3.05, 3.63) is 23.8 Å². The molecule has 1 aromatic heterocycles. The third-order valence-corrected chi connectivity index (χ3v) is 2.92. The third-order valence-electron chi connectivity index (χ3n) is 2.92. The first-order valence-corrected chi connectivity index (χ1v) is 7.46. The van der Waals surface area contributed by atoms with E-state index in [1.54, 1.807) is 0 Å². The zero-order valence-electron chi connectivity index (χ0n) is 13.8. The Labute approximate surface area is 134 Å². The summed E-state index contributed by atoms with van der Waals surface area (Å²) in [4.78, 5) is 29.9. The minimum Gasteiger partial charge on any atom is -0.444 e. The van der Waals surface area contributed by atoms with E-state index in [1.807, 2.05) is 39.0 Å². The molecule has 7 heteroatoms. The van der Waals surface area contributed by atoms with Crippen molar-refractivity contribution in [2.75, 3.05) is 11.9 Å². The molecule has 0 saturated heterocycles. The number of amides is 2. The van der Waals surface area contributed by atoms with Crippen LogP contribution >= 0.6 is 0 Å². The molecule has 0 saturated carbocycles. The number of carbonyl (C=O) groups excluding carboxylic acids is 2. The lowest BCUT2D eigenvalue weighted by atomic mass is 10.1. The average Bonchev–Trinajstić information content (AvgIpc) is 2.76. The van der Waals surface area contributed by atoms with Gasteiger partial charge in [0.15, 0.2) is 0 Å². The lowest BCUT2D eigenvalue weighted by Crippen LogP contribution is -2.33. The maximum absolute atomic E-state index is 11.6. The number of ether oxygens (including phenoxy) is 1. The Hall–Kier alpha value is -2.57. The summed E-state index contributed by atoms with van der Waals surface area (Å²) in [7, 11) is 0. The van der Waals surface area contributed by atoms with Gasteiger partial charge < -0.3 is 15.0 Å². The Kier molecular flexibility index (Phi) is 4.88. The standard InChI is InChI=1S/C16H22N4O3/c1-10(21)18-14-19-12-6-5-11(9-13(12)20-14)7-8-17-15(22)23-16(2,3)4/h5-6,9H,7-8H2,1-4H3,(H,17,22)(H2,18,19,20,21). The second-order valence-electron chi connectivity index (χ2n) is 6.30. The Morgan fingerprint density at radius 2 is 2.04 bits per heavy atom. The first kappa shape index (κ1) is 16.8. The molecule has 0 aliphatic carbocycles. The van der Waals surface area contributed by atoms with Crippen LogP contribution in [-0.2, 0) is 16.0 Å². The van der Waals surface area contributed by atoms with E-state index in [4.69, 9.17) is 4.74 Å². The van der Waals surface area contributed by atoms with Crippen molar-refractivity contribution in [3.63, 3.8) is 0 Å². The molecule has 1 heterocycles. The molecule has 0 unspecified atom stereocenters. The number of H-pyrrole nitrogens is 1. The third kappa shape index (κ3) is 5.28. The van der Waals surface area contributed by atoms with E-state index in [-0.39, 0.29) is 5.91 Å². The summed E-state index contributed by atoms with van der Waals surface area (Å²) >= 11 is 0. The van der Waals surface area contributed by atoms with Gasteiger partial charge in [0.1, 0.15) is 5.60 Å². The van der Waals surface area contributed by atoms with Crippen LogP contribution in [0.15, 0.2) is 18.2 Å². The molecule has 7 nitrogen and oxygen atoms in total. The normalized spacial score (nSPS) is 11.3. The van der Waals surface area contributed by atoms with Crippen molar-refractivity contribution >= 4 is 29.0 Å². The maximum Gasteiger partial charge on any atom is 0.407 e. The van der Waals surface area contributed by atoms with Crippen LogP contribution in [0.5, 0.6) is 0 Å². The predicted molar refractivity (Wildman–Crippen MR) is 88.3 cm³/mol. The first-order chi connectivity index (χ1) is 10.7. The van der Waals surface area contributed by atoms with Crippen molar-refractivity contribution < 1.29 is 14.3 Å². The summed E-state index contributed by atoms with van der Waals surface area (Å²) in [5.74, 6) is 0.252. The van der Waals surface area contributed by atoms with Gasteiger partial charge in [0.05, 0.1) is 11.0 Å². The van der Waals surface area contributed by atoms with Gasteiger partial charge in [-0.3, -0.25) is 10.1 Å². The highest BCUT2D eigenvalue weighted by molar-refractivity contribution is 5.89. The number of alkyl carbamates (subject to hydrolysis) is 1. The van der Waals surface area contributed by atoms with Gasteiger partial charge in [-0.1, -0.05) is 6.07 Å². The van der Waals surface area contributed by atoms with Crippen LogP contribution in [0.25, 0.3) is 11.0 Å². The van der Waals surface area contributed by atoms with Gasteiger partial charge in [0.2, 0.25) is 11.9 Å². The fraction of sp³-hybridized carbons (Fsp3) is 0.438. The van der Waals surface area contributed by atoms with Crippen molar-refractivity contribution in [3.8, 4) is 0 Å². The summed E-state index contributed by atoms with van der Waals surface area (Å²) in [6, 6.07) is 5.77. The minimum absolute atomic E-state index is 0.175. The fourth-order valence-corrected chi connectivity index (χ4v) is 2.06. The molecule has 1 aromatic carbocycles. The molecule has 3 N–H and O–H groups in total. The molecule has 0 aliphatic heterocycles. The van der Waals surface area contributed by atoms with Crippen molar-refractivity contribution in [2.24, 2.45) is 0 Å². The molecule has 0 spiro atoms. The minimum atomic E-state index is -0.501. The fourth-order valence-electron chi connectivity index (χ4n) is 2.06. The quantitative estimate of drug-likeness (QED) is 0.807. The molecule has 0 atom stereocenters. The van der Waals surface area contributed by atoms with Crippen LogP contribution in [-0.4, -0.2) is 34.1 Å². The van der Waals surface area contributed by atoms with Gasteiger partial charge in [-0.05, 0) is 44.9 Å². The van der Waals surface area contributed by atoms with E-state index >= 15 is 0 Å². The van der Waals surface area contributed by atoms with E-state index in [1.165, 1.54) is 6.92 Å². The van der Waals surface area contributed by atoms with Gasteiger partial charge in [0.25, 0.3) is 0 Å². The molecule has 0 bridgehead atoms. The number of imidazole rings is 1. The molecule has 2 rings (SSSR count). The predicted octanol–water partition coefficient (Wildman–Crippen LogP) is 2.59. The van der Waals surface area contributed by atoms with Gasteiger partial charge >= 0.3 is 6.09 Å². The number of hydrogen-bond acceptors (Lipinski definition) is 4.